The van der Waals surface area contributed by atoms with Gasteiger partial charge in [0.1, 0.15) is 177 Å². The number of carbonyl (C=O) groups excluding carboxylic acids is 4. The summed E-state index contributed by atoms with van der Waals surface area (Å²) in [6, 6.07) is -6.84. The van der Waals surface area contributed by atoms with Gasteiger partial charge in [-0.2, -0.15) is 0 Å². The third-order valence-corrected chi connectivity index (χ3v) is 19.7. The fourth-order valence-corrected chi connectivity index (χ4v) is 13.8. The molecule has 42 atom stereocenters. The lowest BCUT2D eigenvalue weighted by Crippen LogP contribution is -2.72. The van der Waals surface area contributed by atoms with Crippen LogP contribution in [0.2, 0.25) is 0 Å². The first-order valence-electron chi connectivity index (χ1n) is 34.7. The third kappa shape index (κ3) is 20.4. The molecule has 8 aliphatic rings. The topological polar surface area (TPSA) is 746 Å². The Bertz CT molecular complexity index is 2890. The summed E-state index contributed by atoms with van der Waals surface area (Å²) in [5.74, 6) is -8.43. The van der Waals surface area contributed by atoms with Crippen molar-refractivity contribution >= 4 is 30.1 Å². The Morgan fingerprint density at radius 1 is 0.440 bits per heavy atom. The van der Waals surface area contributed by atoms with E-state index in [2.05, 4.69) is 21.3 Å². The normalized spacial score (nSPS) is 46.5. The van der Waals surface area contributed by atoms with E-state index in [1.807, 2.05) is 0 Å². The van der Waals surface area contributed by atoms with Crippen molar-refractivity contribution in [3.8, 4) is 0 Å². The Kier molecular flexibility index (Phi) is 32.7. The van der Waals surface area contributed by atoms with E-state index in [1.165, 1.54) is 13.8 Å². The van der Waals surface area contributed by atoms with Crippen LogP contribution in [0.4, 0.5) is 0 Å². The van der Waals surface area contributed by atoms with Crippen LogP contribution >= 0.6 is 0 Å². The molecule has 0 aromatic rings. The maximum atomic E-state index is 13.7. The molecule has 0 unspecified atom stereocenters. The molecule has 0 aromatic heterocycles. The average molecular weight is 1600 g/mol. The molecule has 0 aliphatic carbocycles. The predicted molar refractivity (Wildman–Crippen MR) is 337 cm³/mol. The molecular formula is C61H102N4O44. The molecule has 48 nitrogen and oxygen atoms in total. The number of aliphatic hydroxyl groups excluding tert-OH is 22. The molecular weight excluding hydrogens is 1490 g/mol. The van der Waals surface area contributed by atoms with Gasteiger partial charge in [0.2, 0.25) is 24.1 Å². The van der Waals surface area contributed by atoms with Gasteiger partial charge in [-0.3, -0.25) is 19.2 Å². The maximum Gasteiger partial charge on any atom is 0.364 e. The zero-order chi connectivity index (χ0) is 80.7. The summed E-state index contributed by atoms with van der Waals surface area (Å²) in [6.45, 7) is -3.04. The van der Waals surface area contributed by atoms with Crippen LogP contribution in [-0.2, 0) is 99.8 Å². The van der Waals surface area contributed by atoms with Gasteiger partial charge >= 0.3 is 5.97 Å². The van der Waals surface area contributed by atoms with Gasteiger partial charge < -0.3 is 215 Å². The molecule has 27 N–H and O–H groups in total. The maximum absolute atomic E-state index is 13.7. The van der Waals surface area contributed by atoms with Crippen molar-refractivity contribution in [2.24, 2.45) is 0 Å². The van der Waals surface area contributed by atoms with Crippen molar-refractivity contribution in [1.29, 1.82) is 0 Å². The van der Waals surface area contributed by atoms with Gasteiger partial charge in [0.05, 0.1) is 83.3 Å². The average Bonchev–Trinajstić information content (AvgIpc) is 0.751. The molecule has 48 heteroatoms. The van der Waals surface area contributed by atoms with Gasteiger partial charge in [-0.25, -0.2) is 4.79 Å². The minimum atomic E-state index is -3.37. The molecule has 0 radical (unpaired) electrons. The number of carboxylic acids is 1. The molecule has 8 aliphatic heterocycles. The minimum absolute atomic E-state index is 0.217. The lowest BCUT2D eigenvalue weighted by atomic mass is 9.88. The number of rotatable bonds is 32. The molecule has 4 amide bonds. The van der Waals surface area contributed by atoms with Gasteiger partial charge in [0.25, 0.3) is 5.79 Å². The van der Waals surface area contributed by atoms with Gasteiger partial charge in [-0.1, -0.05) is 0 Å². The van der Waals surface area contributed by atoms with Crippen LogP contribution in [0.3, 0.4) is 0 Å². The molecule has 630 valence electrons. The van der Waals surface area contributed by atoms with Crippen LogP contribution < -0.4 is 21.3 Å². The first kappa shape index (κ1) is 90.4. The molecule has 8 rings (SSSR count). The minimum Gasteiger partial charge on any atom is -0.477 e. The standard InChI is InChI=1S/C61H102N4O44/c1-16-32(78)38(84)41(87)56(96-16)104-47-27(12-71)100-54(31(65-20(5)75)50(47)106-59-45(91)52(36(82)25(10-69)99-59)109-61(60(92)93)6-22(76)29(63-18(3)73)49(108-61)34(80)23(77)8-67)107-51-37(83)28(102-58(44(51)90)103-46-26(11-70)101-55(43(89)40(46)86)94-13-21(7-66)62-15-72)14-95-53-30(64-19(4)74)48(35(81)24(9-68)98-53)105-57-42(88)39(85)33(79)17(2)97-57/h15-17,21-59,66-71,76-91H,6-14H2,1-5H3,(H,62,72)(H,63,73)(H,64,74)(H,65,75)(H,92,93)/t16-,17-,21+,22-,23+,24+,25+,26+,27+,28+,29+,30+,31+,32+,33+,34+,35+,36-,37-,38+,39+,40+,41-,42-,43+,44+,45+,46+,47+,48+,49+,50+,51-,52-,53+,54-,55+,56-,57-,58-,59-,61-/m0/s1. The van der Waals surface area contributed by atoms with Crippen LogP contribution in [0.1, 0.15) is 41.0 Å². The van der Waals surface area contributed by atoms with Crippen molar-refractivity contribution in [2.75, 3.05) is 52.9 Å². The Morgan fingerprint density at radius 3 is 1.38 bits per heavy atom. The van der Waals surface area contributed by atoms with Crippen LogP contribution in [-0.4, -0.2) is 458 Å². The summed E-state index contributed by atoms with van der Waals surface area (Å²) in [4.78, 5) is 63.7. The van der Waals surface area contributed by atoms with E-state index in [0.717, 1.165) is 20.8 Å². The summed E-state index contributed by atoms with van der Waals surface area (Å²) in [5.41, 5.74) is 0. The van der Waals surface area contributed by atoms with Crippen LogP contribution in [0.15, 0.2) is 0 Å². The monoisotopic (exact) mass is 1590 g/mol. The fraction of sp³-hybridized carbons (Fsp3) is 0.918. The second-order valence-electron chi connectivity index (χ2n) is 27.5. The number of carbonyl (C=O) groups is 5. The molecule has 0 aromatic carbocycles. The SMILES string of the molecule is CC(=O)N[C@H]1[C@H](O[C@H]2[C@@H](O)[C@@H](CO[C@@H]3O[C@H](CO)[C@@H](O)[C@H](O[C@@H]4O[C@@H](C)[C@@H](O)[C@@H](O)[C@@H]4O)[C@H]3NC(C)=O)O[C@@H](O[C@H]3[C@H](O)[C@@H](O)[C@H](OC[C@@H](CO)NC=O)O[C@@H]3CO)[C@@H]2O)O[C@H](CO)[C@@H](O[C@@H]2O[C@@H](C)[C@@H](O)[C@@H](O)[C@@H]2O)[C@@H]1O[C@@H]1O[C@H](CO)[C@H](O)[C@H](O[C@]2(C(=O)O)C[C@H](O)[C@@H](NC(C)=O)[C@H]([C@H](O)[C@H](O)CO)O2)[C@H]1O. The lowest BCUT2D eigenvalue weighted by Gasteiger charge is -2.52. The molecule has 0 saturated carbocycles. The molecule has 0 bridgehead atoms. The zero-order valence-electron chi connectivity index (χ0n) is 59.0. The van der Waals surface area contributed by atoms with Crippen molar-refractivity contribution in [1.82, 2.24) is 21.3 Å². The number of aliphatic carboxylic acids is 1. The van der Waals surface area contributed by atoms with E-state index >= 15 is 0 Å². The summed E-state index contributed by atoms with van der Waals surface area (Å²) < 4.78 is 95.4. The Morgan fingerprint density at radius 2 is 0.862 bits per heavy atom. The number of amides is 4. The smallest absolute Gasteiger partial charge is 0.364 e. The highest BCUT2D eigenvalue weighted by atomic mass is 16.8. The van der Waals surface area contributed by atoms with Crippen molar-refractivity contribution < 1.29 is 217 Å². The quantitative estimate of drug-likeness (QED) is 0.0278. The first-order chi connectivity index (χ1) is 51.4. The van der Waals surface area contributed by atoms with E-state index in [4.69, 9.17) is 75.8 Å². The van der Waals surface area contributed by atoms with Crippen LogP contribution in [0, 0.1) is 0 Å². The number of aliphatic hydroxyl groups is 22. The Labute approximate surface area is 618 Å². The second kappa shape index (κ2) is 39.4. The second-order valence-corrected chi connectivity index (χ2v) is 27.5. The Balaban J connectivity index is 1.19. The van der Waals surface area contributed by atoms with Crippen molar-refractivity contribution in [2.45, 2.75) is 298 Å². The molecule has 109 heavy (non-hydrogen) atoms. The van der Waals surface area contributed by atoms with E-state index < -0.39 is 340 Å². The first-order valence-corrected chi connectivity index (χ1v) is 34.7. The summed E-state index contributed by atoms with van der Waals surface area (Å²) >= 11 is 0. The number of ether oxygens (including phenoxy) is 16. The van der Waals surface area contributed by atoms with E-state index in [0.29, 0.717) is 0 Å². The molecule has 8 saturated heterocycles. The van der Waals surface area contributed by atoms with E-state index in [9.17, 15) is 141 Å². The van der Waals surface area contributed by atoms with Gasteiger partial charge in [-0.05, 0) is 13.8 Å². The number of carboxylic acid groups (broad SMARTS) is 1. The summed E-state index contributed by atoms with van der Waals surface area (Å²) in [7, 11) is 0. The van der Waals surface area contributed by atoms with E-state index in [-0.39, 0.29) is 6.41 Å². The highest BCUT2D eigenvalue weighted by Crippen LogP contribution is 2.42. The van der Waals surface area contributed by atoms with Crippen molar-refractivity contribution in [3.63, 3.8) is 0 Å². The zero-order valence-corrected chi connectivity index (χ0v) is 59.0. The van der Waals surface area contributed by atoms with Crippen molar-refractivity contribution in [3.05, 3.63) is 0 Å². The van der Waals surface area contributed by atoms with Gasteiger partial charge in [-0.15, -0.1) is 0 Å². The number of nitrogens with one attached hydrogen (secondary N) is 4. The predicted octanol–water partition coefficient (Wildman–Crippen LogP) is -17.6. The third-order valence-electron chi connectivity index (χ3n) is 19.7. The Hall–Kier alpha value is -4.17. The van der Waals surface area contributed by atoms with Gasteiger partial charge in [0, 0.05) is 27.2 Å². The molecule has 8 fully saturated rings. The van der Waals surface area contributed by atoms with E-state index in [1.54, 1.807) is 0 Å². The number of hydrogen-bond acceptors (Lipinski definition) is 43. The fourth-order valence-electron chi connectivity index (χ4n) is 13.8. The van der Waals surface area contributed by atoms with Crippen LogP contribution in [0.5, 0.6) is 0 Å². The summed E-state index contributed by atoms with van der Waals surface area (Å²) in [6.07, 6.45) is -78.9. The highest BCUT2D eigenvalue weighted by Gasteiger charge is 2.63. The highest BCUT2D eigenvalue weighted by molar-refractivity contribution is 5.77. The lowest BCUT2D eigenvalue weighted by molar-refractivity contribution is -0.400. The van der Waals surface area contributed by atoms with Crippen LogP contribution in [0.25, 0.3) is 0 Å². The van der Waals surface area contributed by atoms with Gasteiger partial charge in [0.15, 0.2) is 44.0 Å². The number of hydrogen-bond donors (Lipinski definition) is 27. The largest absolute Gasteiger partial charge is 0.477 e. The molecule has 0 spiro atoms. The molecule has 8 heterocycles. The summed E-state index contributed by atoms with van der Waals surface area (Å²) in [5, 5.41) is 265.